The van der Waals surface area contributed by atoms with Gasteiger partial charge in [-0.05, 0) is 0 Å². The number of halogens is 22. The maximum atomic E-state index is 14.0. The van der Waals surface area contributed by atoms with E-state index in [2.05, 4.69) is 0 Å². The Kier molecular flexibility index (Phi) is 9.93. The van der Waals surface area contributed by atoms with Crippen LogP contribution in [0.15, 0.2) is 0 Å². The highest BCUT2D eigenvalue weighted by atomic mass is 127. The van der Waals surface area contributed by atoms with E-state index in [1.165, 1.54) is 0 Å². The molecule has 2 unspecified atom stereocenters. The van der Waals surface area contributed by atoms with Gasteiger partial charge >= 0.3 is 47.9 Å². The predicted molar refractivity (Wildman–Crippen MR) is 96.5 cm³/mol. The van der Waals surface area contributed by atoms with Gasteiger partial charge in [0.15, 0.2) is 0 Å². The summed E-state index contributed by atoms with van der Waals surface area (Å²) in [6.45, 7) is 0. The summed E-state index contributed by atoms with van der Waals surface area (Å²) in [7, 11) is 0. The van der Waals surface area contributed by atoms with Crippen molar-refractivity contribution in [3.63, 3.8) is 0 Å². The Labute approximate surface area is 213 Å². The van der Waals surface area contributed by atoms with E-state index in [0.29, 0.717) is 45.2 Å². The first-order valence-corrected chi connectivity index (χ1v) is 11.3. The summed E-state index contributed by atoms with van der Waals surface area (Å²) in [4.78, 5) is 0. The molecule has 0 amide bonds. The van der Waals surface area contributed by atoms with Gasteiger partial charge in [0.2, 0.25) is 0 Å². The van der Waals surface area contributed by atoms with Gasteiger partial charge in [-0.25, -0.2) is 8.78 Å². The fraction of sp³-hybridized carbons (Fsp3) is 1.00. The summed E-state index contributed by atoms with van der Waals surface area (Å²) < 4.78 is 267. The van der Waals surface area contributed by atoms with E-state index in [1.807, 2.05) is 0 Å². The molecule has 0 aromatic rings. The van der Waals surface area contributed by atoms with Crippen molar-refractivity contribution < 1.29 is 87.8 Å². The molecule has 0 saturated carbocycles. The fourth-order valence-corrected chi connectivity index (χ4v) is 3.99. The maximum Gasteiger partial charge on any atom is 0.428 e. The van der Waals surface area contributed by atoms with Crippen molar-refractivity contribution in [2.75, 3.05) is 8.86 Å². The smallest absolute Gasteiger partial charge is 0.227 e. The zero-order chi connectivity index (χ0) is 29.8. The third kappa shape index (κ3) is 4.69. The van der Waals surface area contributed by atoms with Gasteiger partial charge in [0, 0.05) is 21.7 Å². The quantitative estimate of drug-likeness (QED) is 0.111. The van der Waals surface area contributed by atoms with Crippen molar-refractivity contribution >= 4 is 45.2 Å². The van der Waals surface area contributed by atoms with Gasteiger partial charge in [0.25, 0.3) is 11.3 Å². The molecule has 218 valence electrons. The van der Waals surface area contributed by atoms with E-state index in [0.717, 1.165) is 0 Å². The van der Waals surface area contributed by atoms with Crippen LogP contribution in [0, 0.1) is 0 Å². The summed E-state index contributed by atoms with van der Waals surface area (Å²) in [6, 6.07) is 0. The van der Waals surface area contributed by atoms with Crippen molar-refractivity contribution in [2.24, 2.45) is 0 Å². The molecule has 0 aromatic carbocycles. The standard InChI is InChI=1S/C14H8F20I2/c15-5(1-3-35,13(29,30)31)7(17,18)9(21,22)11(25,26)12(27,28)10(23,24)8(19,20)6(16,2-4-36)14(32,33)34/h1-4H2. The Morgan fingerprint density at radius 2 is 0.472 bits per heavy atom. The van der Waals surface area contributed by atoms with E-state index in [1.54, 1.807) is 0 Å². The van der Waals surface area contributed by atoms with Gasteiger partial charge in [-0.3, -0.25) is 0 Å². The van der Waals surface area contributed by atoms with Crippen LogP contribution in [-0.4, -0.2) is 68.1 Å². The van der Waals surface area contributed by atoms with Crippen LogP contribution in [0.25, 0.3) is 0 Å². The number of hydrogen-bond donors (Lipinski definition) is 0. The molecule has 0 N–H and O–H groups in total. The van der Waals surface area contributed by atoms with Crippen molar-refractivity contribution in [2.45, 2.75) is 72.1 Å². The average Bonchev–Trinajstić information content (AvgIpc) is 2.65. The molecule has 0 rings (SSSR count). The third-order valence-corrected chi connectivity index (χ3v) is 5.82. The second-order valence-electron chi connectivity index (χ2n) is 6.92. The van der Waals surface area contributed by atoms with Gasteiger partial charge in [-0.15, -0.1) is 0 Å². The minimum absolute atomic E-state index is 0.583. The molecular formula is C14H8F20I2. The van der Waals surface area contributed by atoms with Crippen LogP contribution in [0.5, 0.6) is 0 Å². The van der Waals surface area contributed by atoms with Crippen LogP contribution >= 0.6 is 45.2 Å². The number of alkyl halides is 22. The lowest BCUT2D eigenvalue weighted by atomic mass is 9.80. The first kappa shape index (κ1) is 36.1. The second-order valence-corrected chi connectivity index (χ2v) is 9.08. The molecule has 0 aromatic heterocycles. The van der Waals surface area contributed by atoms with Crippen LogP contribution in [0.4, 0.5) is 87.8 Å². The molecular weight excluding hydrogens is 802 g/mol. The molecule has 0 saturated heterocycles. The fourth-order valence-electron chi connectivity index (χ4n) is 2.50. The van der Waals surface area contributed by atoms with Crippen LogP contribution in [-0.2, 0) is 0 Å². The first-order chi connectivity index (χ1) is 15.4. The molecule has 22 heteroatoms. The highest BCUT2D eigenvalue weighted by Gasteiger charge is 2.96. The van der Waals surface area contributed by atoms with Crippen LogP contribution in [0.1, 0.15) is 12.8 Å². The monoisotopic (exact) mass is 810 g/mol. The summed E-state index contributed by atoms with van der Waals surface area (Å²) in [5.74, 6) is -51.2. The summed E-state index contributed by atoms with van der Waals surface area (Å²) >= 11 is 1.17. The van der Waals surface area contributed by atoms with Gasteiger partial charge in [-0.1, -0.05) is 45.2 Å². The minimum atomic E-state index is -8.85. The van der Waals surface area contributed by atoms with E-state index in [-0.39, 0.29) is 0 Å². The summed E-state index contributed by atoms with van der Waals surface area (Å²) in [5.41, 5.74) is -13.8. The molecule has 0 fully saturated rings. The van der Waals surface area contributed by atoms with Gasteiger partial charge in [0.1, 0.15) is 0 Å². The highest BCUT2D eigenvalue weighted by Crippen LogP contribution is 2.66. The Balaban J connectivity index is 7.25. The molecule has 0 heterocycles. The normalized spacial score (nSPS) is 19.2. The van der Waals surface area contributed by atoms with Crippen molar-refractivity contribution in [1.29, 1.82) is 0 Å². The Bertz CT molecular complexity index is 705. The minimum Gasteiger partial charge on any atom is -0.227 e. The average molecular weight is 810 g/mol. The molecule has 0 bridgehead atoms. The lowest BCUT2D eigenvalue weighted by molar-refractivity contribution is -0.460. The van der Waals surface area contributed by atoms with E-state index >= 15 is 0 Å². The summed E-state index contributed by atoms with van der Waals surface area (Å²) in [6.07, 6.45) is -20.4. The van der Waals surface area contributed by atoms with Gasteiger partial charge in [0.05, 0.1) is 0 Å². The SMILES string of the molecule is FC(F)(F)C(F)(CCI)C(F)(F)C(F)(F)C(F)(F)C(F)(F)C(F)(F)C(F)(F)C(F)(CCI)C(F)(F)F. The van der Waals surface area contributed by atoms with E-state index in [4.69, 9.17) is 0 Å². The third-order valence-electron chi connectivity index (χ3n) is 4.74. The second kappa shape index (κ2) is 9.91. The first-order valence-electron chi connectivity index (χ1n) is 8.27. The predicted octanol–water partition coefficient (Wildman–Crippen LogP) is 8.99. The molecule has 0 aliphatic carbocycles. The molecule has 0 radical (unpaired) electrons. The molecule has 36 heavy (non-hydrogen) atoms. The molecule has 0 aliphatic rings. The number of hydrogen-bond acceptors (Lipinski definition) is 0. The van der Waals surface area contributed by atoms with E-state index in [9.17, 15) is 87.8 Å². The molecule has 2 atom stereocenters. The van der Waals surface area contributed by atoms with Gasteiger partial charge in [-0.2, -0.15) is 79.0 Å². The maximum absolute atomic E-state index is 14.0. The van der Waals surface area contributed by atoms with Crippen molar-refractivity contribution in [3.8, 4) is 0 Å². The zero-order valence-corrected chi connectivity index (χ0v) is 20.5. The van der Waals surface area contributed by atoms with Crippen LogP contribution < -0.4 is 0 Å². The molecule has 0 nitrogen and oxygen atoms in total. The molecule has 0 aliphatic heterocycles. The number of rotatable bonds is 11. The Morgan fingerprint density at radius 1 is 0.306 bits per heavy atom. The van der Waals surface area contributed by atoms with Crippen molar-refractivity contribution in [1.82, 2.24) is 0 Å². The van der Waals surface area contributed by atoms with Gasteiger partial charge < -0.3 is 0 Å². The zero-order valence-electron chi connectivity index (χ0n) is 16.1. The lowest BCUT2D eigenvalue weighted by Crippen LogP contribution is -2.77. The van der Waals surface area contributed by atoms with Crippen LogP contribution in [0.2, 0.25) is 0 Å². The van der Waals surface area contributed by atoms with Crippen LogP contribution in [0.3, 0.4) is 0 Å². The molecule has 0 spiro atoms. The van der Waals surface area contributed by atoms with E-state index < -0.39 is 80.9 Å². The highest BCUT2D eigenvalue weighted by molar-refractivity contribution is 14.1. The summed E-state index contributed by atoms with van der Waals surface area (Å²) in [5, 5.41) is 0. The Hall–Kier alpha value is 0.0600. The topological polar surface area (TPSA) is 0 Å². The van der Waals surface area contributed by atoms with Crippen molar-refractivity contribution in [3.05, 3.63) is 0 Å². The Morgan fingerprint density at radius 3 is 0.611 bits per heavy atom. The largest absolute Gasteiger partial charge is 0.428 e. The lowest BCUT2D eigenvalue weighted by Gasteiger charge is -2.46.